The van der Waals surface area contributed by atoms with Crippen LogP contribution in [0.2, 0.25) is 0 Å². The Morgan fingerprint density at radius 2 is 1.68 bits per heavy atom. The molecule has 1 heterocycles. The summed E-state index contributed by atoms with van der Waals surface area (Å²) in [4.78, 5) is 11.6. The van der Waals surface area contributed by atoms with Gasteiger partial charge in [-0.25, -0.2) is 18.4 Å². The molecule has 0 saturated carbocycles. The molecule has 22 heavy (non-hydrogen) atoms. The lowest BCUT2D eigenvalue weighted by Crippen LogP contribution is -2.11. The van der Waals surface area contributed by atoms with Gasteiger partial charge in [-0.2, -0.15) is 0 Å². The molecule has 0 aliphatic rings. The smallest absolute Gasteiger partial charge is 0.338 e. The number of anilines is 2. The highest BCUT2D eigenvalue weighted by Gasteiger charge is 2.08. The van der Waals surface area contributed by atoms with Gasteiger partial charge in [-0.15, -0.1) is 0 Å². The summed E-state index contributed by atoms with van der Waals surface area (Å²) >= 11 is 0. The average molecular weight is 316 g/mol. The second-order valence-electron chi connectivity index (χ2n) is 4.67. The molecule has 0 unspecified atom stereocenters. The number of nitrogens with two attached hydrogens (primary N) is 1. The zero-order valence-electron chi connectivity index (χ0n) is 11.3. The highest BCUT2D eigenvalue weighted by atomic mass is 32.2. The van der Waals surface area contributed by atoms with Crippen molar-refractivity contribution in [2.45, 2.75) is 4.90 Å². The van der Waals surface area contributed by atoms with Gasteiger partial charge in [0.05, 0.1) is 10.6 Å². The third-order valence-corrected chi connectivity index (χ3v) is 4.04. The number of benzene rings is 2. The molecule has 2 aromatic carbocycles. The maximum Gasteiger partial charge on any atom is 0.338 e. The standard InChI is InChI=1S/C15H12N2O4S/c16-22(19,20)11-7-5-10(6-8-11)17-13-9-15(18)21-14-4-2-1-3-12(13)14/h1-9,17H,(H2,16,19,20). The third kappa shape index (κ3) is 2.85. The monoisotopic (exact) mass is 316 g/mol. The lowest BCUT2D eigenvalue weighted by molar-refractivity contribution is 0.561. The fourth-order valence-corrected chi connectivity index (χ4v) is 2.61. The fourth-order valence-electron chi connectivity index (χ4n) is 2.10. The molecule has 0 bridgehead atoms. The number of hydrogen-bond acceptors (Lipinski definition) is 5. The Kier molecular flexibility index (Phi) is 3.44. The third-order valence-electron chi connectivity index (χ3n) is 3.11. The Morgan fingerprint density at radius 3 is 2.36 bits per heavy atom. The SMILES string of the molecule is NS(=O)(=O)c1ccc(Nc2cc(=O)oc3ccccc23)cc1. The Morgan fingerprint density at radius 1 is 1.00 bits per heavy atom. The van der Waals surface area contributed by atoms with Crippen molar-refractivity contribution in [3.8, 4) is 0 Å². The van der Waals surface area contributed by atoms with Crippen molar-refractivity contribution < 1.29 is 12.8 Å². The van der Waals surface area contributed by atoms with Gasteiger partial charge in [0.2, 0.25) is 10.0 Å². The minimum Gasteiger partial charge on any atom is -0.423 e. The number of primary sulfonamides is 1. The van der Waals surface area contributed by atoms with Gasteiger partial charge in [-0.1, -0.05) is 12.1 Å². The second-order valence-corrected chi connectivity index (χ2v) is 6.23. The molecule has 0 aliphatic carbocycles. The van der Waals surface area contributed by atoms with E-state index < -0.39 is 15.6 Å². The van der Waals surface area contributed by atoms with E-state index in [9.17, 15) is 13.2 Å². The molecule has 6 nitrogen and oxygen atoms in total. The van der Waals surface area contributed by atoms with Crippen LogP contribution >= 0.6 is 0 Å². The molecule has 0 atom stereocenters. The Balaban J connectivity index is 2.02. The van der Waals surface area contributed by atoms with Gasteiger partial charge in [0.25, 0.3) is 0 Å². The lowest BCUT2D eigenvalue weighted by Gasteiger charge is -2.09. The molecular formula is C15H12N2O4S. The van der Waals surface area contributed by atoms with Crippen LogP contribution in [0, 0.1) is 0 Å². The number of sulfonamides is 1. The number of rotatable bonds is 3. The van der Waals surface area contributed by atoms with Crippen LogP contribution < -0.4 is 16.1 Å². The first-order valence-electron chi connectivity index (χ1n) is 6.36. The summed E-state index contributed by atoms with van der Waals surface area (Å²) in [5.74, 6) is 0. The van der Waals surface area contributed by atoms with Crippen molar-refractivity contribution in [3.05, 3.63) is 65.0 Å². The Hall–Kier alpha value is -2.64. The van der Waals surface area contributed by atoms with E-state index in [2.05, 4.69) is 5.32 Å². The summed E-state index contributed by atoms with van der Waals surface area (Å²) in [7, 11) is -3.73. The van der Waals surface area contributed by atoms with Crippen LogP contribution in [0.25, 0.3) is 11.0 Å². The van der Waals surface area contributed by atoms with E-state index in [1.165, 1.54) is 18.2 Å². The molecule has 0 aliphatic heterocycles. The van der Waals surface area contributed by atoms with Gasteiger partial charge in [0, 0.05) is 17.1 Å². The van der Waals surface area contributed by atoms with Crippen molar-refractivity contribution in [2.24, 2.45) is 5.14 Å². The maximum absolute atomic E-state index is 11.6. The molecule has 3 aromatic rings. The molecule has 112 valence electrons. The molecule has 0 spiro atoms. The molecule has 3 N–H and O–H groups in total. The number of hydrogen-bond donors (Lipinski definition) is 2. The van der Waals surface area contributed by atoms with Gasteiger partial charge < -0.3 is 9.73 Å². The van der Waals surface area contributed by atoms with E-state index in [0.717, 1.165) is 5.39 Å². The molecule has 0 saturated heterocycles. The fraction of sp³-hybridized carbons (Fsp3) is 0. The maximum atomic E-state index is 11.6. The normalized spacial score (nSPS) is 11.5. The predicted octanol–water partition coefficient (Wildman–Crippen LogP) is 2.18. The van der Waals surface area contributed by atoms with E-state index in [0.29, 0.717) is 17.0 Å². The van der Waals surface area contributed by atoms with Crippen molar-refractivity contribution >= 4 is 32.4 Å². The zero-order chi connectivity index (χ0) is 15.7. The van der Waals surface area contributed by atoms with Crippen LogP contribution in [0.3, 0.4) is 0 Å². The summed E-state index contributed by atoms with van der Waals surface area (Å²) in [5, 5.41) is 8.87. The van der Waals surface area contributed by atoms with Crippen LogP contribution in [-0.4, -0.2) is 8.42 Å². The van der Waals surface area contributed by atoms with E-state index in [4.69, 9.17) is 9.56 Å². The molecular weight excluding hydrogens is 304 g/mol. The molecule has 3 rings (SSSR count). The van der Waals surface area contributed by atoms with Crippen LogP contribution in [0.15, 0.2) is 68.7 Å². The quantitative estimate of drug-likeness (QED) is 0.721. The first kappa shape index (κ1) is 14.3. The Bertz CT molecular complexity index is 992. The summed E-state index contributed by atoms with van der Waals surface area (Å²) in [5.41, 5.74) is 1.21. The summed E-state index contributed by atoms with van der Waals surface area (Å²) in [6.45, 7) is 0. The number of nitrogens with one attached hydrogen (secondary N) is 1. The molecule has 0 amide bonds. The summed E-state index contributed by atoms with van der Waals surface area (Å²) in [6, 6.07) is 14.4. The molecule has 0 radical (unpaired) electrons. The molecule has 0 fully saturated rings. The molecule has 7 heteroatoms. The minimum absolute atomic E-state index is 0.0236. The summed E-state index contributed by atoms with van der Waals surface area (Å²) < 4.78 is 27.6. The van der Waals surface area contributed by atoms with E-state index in [1.54, 1.807) is 24.3 Å². The van der Waals surface area contributed by atoms with Crippen LogP contribution in [0.4, 0.5) is 11.4 Å². The van der Waals surface area contributed by atoms with E-state index in [-0.39, 0.29) is 4.90 Å². The van der Waals surface area contributed by atoms with Gasteiger partial charge in [-0.3, -0.25) is 0 Å². The largest absolute Gasteiger partial charge is 0.423 e. The van der Waals surface area contributed by atoms with Crippen molar-refractivity contribution in [1.29, 1.82) is 0 Å². The van der Waals surface area contributed by atoms with Gasteiger partial charge in [0.1, 0.15) is 5.58 Å². The first-order valence-corrected chi connectivity index (χ1v) is 7.91. The van der Waals surface area contributed by atoms with Gasteiger partial charge in [0.15, 0.2) is 0 Å². The van der Waals surface area contributed by atoms with Crippen LogP contribution in [0.1, 0.15) is 0 Å². The second kappa shape index (κ2) is 5.28. The highest BCUT2D eigenvalue weighted by molar-refractivity contribution is 7.89. The zero-order valence-corrected chi connectivity index (χ0v) is 12.1. The van der Waals surface area contributed by atoms with Gasteiger partial charge in [-0.05, 0) is 36.4 Å². The average Bonchev–Trinajstić information content (AvgIpc) is 2.46. The van der Waals surface area contributed by atoms with Gasteiger partial charge >= 0.3 is 5.63 Å². The molecule has 1 aromatic heterocycles. The highest BCUT2D eigenvalue weighted by Crippen LogP contribution is 2.25. The minimum atomic E-state index is -3.73. The Labute approximate surface area is 126 Å². The predicted molar refractivity (Wildman–Crippen MR) is 83.6 cm³/mol. The lowest BCUT2D eigenvalue weighted by atomic mass is 10.2. The van der Waals surface area contributed by atoms with Crippen LogP contribution in [-0.2, 0) is 10.0 Å². The van der Waals surface area contributed by atoms with Crippen molar-refractivity contribution in [2.75, 3.05) is 5.32 Å². The van der Waals surface area contributed by atoms with Crippen LogP contribution in [0.5, 0.6) is 0 Å². The summed E-state index contributed by atoms with van der Waals surface area (Å²) in [6.07, 6.45) is 0. The van der Waals surface area contributed by atoms with E-state index >= 15 is 0 Å². The van der Waals surface area contributed by atoms with E-state index in [1.807, 2.05) is 12.1 Å². The number of para-hydroxylation sites is 1. The first-order chi connectivity index (χ1) is 10.4. The topological polar surface area (TPSA) is 102 Å². The van der Waals surface area contributed by atoms with Crippen molar-refractivity contribution in [3.63, 3.8) is 0 Å². The number of fused-ring (bicyclic) bond motifs is 1. The van der Waals surface area contributed by atoms with Crippen molar-refractivity contribution in [1.82, 2.24) is 0 Å².